The summed E-state index contributed by atoms with van der Waals surface area (Å²) >= 11 is 12.0. The highest BCUT2D eigenvalue weighted by Crippen LogP contribution is 2.24. The first-order chi connectivity index (χ1) is 8.79. The van der Waals surface area contributed by atoms with Crippen molar-refractivity contribution in [1.29, 1.82) is 0 Å². The van der Waals surface area contributed by atoms with Crippen LogP contribution in [0.4, 0.5) is 4.79 Å². The third-order valence-corrected chi connectivity index (χ3v) is 2.96. The molecule has 0 aliphatic rings. The number of halogens is 2. The first-order valence-electron chi connectivity index (χ1n) is 6.11. The molecule has 0 heterocycles. The molecule has 1 amide bonds. The molecule has 0 aromatic heterocycles. The van der Waals surface area contributed by atoms with Crippen LogP contribution < -0.4 is 5.32 Å². The molecule has 1 rings (SSSR count). The normalized spacial score (nSPS) is 11.2. The van der Waals surface area contributed by atoms with Crippen LogP contribution in [0.15, 0.2) is 12.1 Å². The zero-order valence-electron chi connectivity index (χ0n) is 11.3. The summed E-state index contributed by atoms with van der Waals surface area (Å²) in [5.74, 6) is 0. The fourth-order valence-electron chi connectivity index (χ4n) is 1.48. The number of benzene rings is 1. The lowest BCUT2D eigenvalue weighted by Crippen LogP contribution is -2.33. The highest BCUT2D eigenvalue weighted by Gasteiger charge is 2.15. The van der Waals surface area contributed by atoms with E-state index in [0.717, 1.165) is 12.0 Å². The highest BCUT2D eigenvalue weighted by molar-refractivity contribution is 6.35. The first kappa shape index (κ1) is 16.1. The van der Waals surface area contributed by atoms with Gasteiger partial charge in [-0.25, -0.2) is 4.79 Å². The summed E-state index contributed by atoms with van der Waals surface area (Å²) in [4.78, 5) is 11.4. The van der Waals surface area contributed by atoms with Gasteiger partial charge in [-0.05, 0) is 45.2 Å². The Morgan fingerprint density at radius 3 is 2.68 bits per heavy atom. The maximum Gasteiger partial charge on any atom is 0.407 e. The van der Waals surface area contributed by atoms with Crippen LogP contribution in [0.3, 0.4) is 0 Å². The SMILES string of the molecule is CC(C)(C)OC(=O)NCCCc1c(Cl)[c]ccc1Cl. The van der Waals surface area contributed by atoms with E-state index in [9.17, 15) is 4.79 Å². The monoisotopic (exact) mass is 302 g/mol. The van der Waals surface area contributed by atoms with E-state index < -0.39 is 11.7 Å². The predicted octanol–water partition coefficient (Wildman–Crippen LogP) is 4.25. The molecule has 0 saturated heterocycles. The molecule has 19 heavy (non-hydrogen) atoms. The minimum absolute atomic E-state index is 0.413. The number of ether oxygens (including phenoxy) is 1. The minimum Gasteiger partial charge on any atom is -0.444 e. The van der Waals surface area contributed by atoms with E-state index in [1.165, 1.54) is 0 Å². The molecule has 0 saturated carbocycles. The molecule has 1 N–H and O–H groups in total. The zero-order chi connectivity index (χ0) is 14.5. The molecule has 3 nitrogen and oxygen atoms in total. The van der Waals surface area contributed by atoms with Crippen LogP contribution in [0.25, 0.3) is 0 Å². The average Bonchev–Trinajstić information content (AvgIpc) is 2.25. The van der Waals surface area contributed by atoms with Crippen molar-refractivity contribution in [2.75, 3.05) is 6.54 Å². The first-order valence-corrected chi connectivity index (χ1v) is 6.86. The topological polar surface area (TPSA) is 38.3 Å². The number of hydrogen-bond donors (Lipinski definition) is 1. The summed E-state index contributed by atoms with van der Waals surface area (Å²) < 4.78 is 5.13. The second-order valence-corrected chi connectivity index (χ2v) is 5.94. The van der Waals surface area contributed by atoms with Gasteiger partial charge in [0.1, 0.15) is 5.60 Å². The van der Waals surface area contributed by atoms with Crippen LogP contribution >= 0.6 is 23.2 Å². The van der Waals surface area contributed by atoms with Gasteiger partial charge in [0.15, 0.2) is 0 Å². The molecule has 0 aliphatic carbocycles. The van der Waals surface area contributed by atoms with E-state index in [0.29, 0.717) is 23.0 Å². The Bertz CT molecular complexity index is 421. The van der Waals surface area contributed by atoms with Crippen LogP contribution in [0.2, 0.25) is 10.0 Å². The molecule has 0 atom stereocenters. The minimum atomic E-state index is -0.481. The Morgan fingerprint density at radius 1 is 1.42 bits per heavy atom. The molecule has 0 fully saturated rings. The summed E-state index contributed by atoms with van der Waals surface area (Å²) in [5, 5.41) is 3.85. The van der Waals surface area contributed by atoms with Crippen LogP contribution in [0, 0.1) is 6.07 Å². The summed E-state index contributed by atoms with van der Waals surface area (Å²) in [6.07, 6.45) is 1.01. The number of hydrogen-bond acceptors (Lipinski definition) is 2. The van der Waals surface area contributed by atoms with E-state index >= 15 is 0 Å². The number of rotatable bonds is 4. The zero-order valence-corrected chi connectivity index (χ0v) is 12.9. The lowest BCUT2D eigenvalue weighted by atomic mass is 10.1. The number of amides is 1. The Hall–Kier alpha value is -0.930. The van der Waals surface area contributed by atoms with Gasteiger partial charge in [-0.1, -0.05) is 29.3 Å². The molecule has 105 valence electrons. The van der Waals surface area contributed by atoms with Gasteiger partial charge in [0.05, 0.1) is 5.02 Å². The van der Waals surface area contributed by atoms with Crippen molar-refractivity contribution < 1.29 is 9.53 Å². The van der Waals surface area contributed by atoms with Gasteiger partial charge in [-0.15, -0.1) is 0 Å². The van der Waals surface area contributed by atoms with Crippen molar-refractivity contribution in [2.45, 2.75) is 39.2 Å². The number of alkyl carbamates (subject to hydrolysis) is 1. The molecule has 5 heteroatoms. The van der Waals surface area contributed by atoms with Crippen LogP contribution in [-0.2, 0) is 11.2 Å². The number of nitrogens with one attached hydrogen (secondary N) is 1. The molecular formula is C14H18Cl2NO2. The highest BCUT2D eigenvalue weighted by atomic mass is 35.5. The lowest BCUT2D eigenvalue weighted by molar-refractivity contribution is 0.0527. The maximum atomic E-state index is 11.4. The second kappa shape index (κ2) is 7.01. The molecule has 0 spiro atoms. The molecule has 0 bridgehead atoms. The van der Waals surface area contributed by atoms with Gasteiger partial charge < -0.3 is 10.1 Å². The quantitative estimate of drug-likeness (QED) is 0.844. The van der Waals surface area contributed by atoms with E-state index in [2.05, 4.69) is 11.4 Å². The smallest absolute Gasteiger partial charge is 0.407 e. The predicted molar refractivity (Wildman–Crippen MR) is 77.9 cm³/mol. The van der Waals surface area contributed by atoms with Crippen LogP contribution in [0.1, 0.15) is 32.8 Å². The third-order valence-electron chi connectivity index (χ3n) is 2.26. The maximum absolute atomic E-state index is 11.4. The van der Waals surface area contributed by atoms with E-state index in [-0.39, 0.29) is 0 Å². The van der Waals surface area contributed by atoms with Gasteiger partial charge in [0, 0.05) is 17.6 Å². The third kappa shape index (κ3) is 6.17. The Labute approximate surface area is 124 Å². The summed E-state index contributed by atoms with van der Waals surface area (Å²) in [7, 11) is 0. The van der Waals surface area contributed by atoms with Gasteiger partial charge in [-0.3, -0.25) is 0 Å². The molecule has 1 aromatic rings. The molecule has 0 unspecified atom stereocenters. The molecule has 1 aromatic carbocycles. The van der Waals surface area contributed by atoms with Crippen molar-refractivity contribution in [1.82, 2.24) is 5.32 Å². The number of carbonyl (C=O) groups excluding carboxylic acids is 1. The fraction of sp³-hybridized carbons (Fsp3) is 0.500. The molecular weight excluding hydrogens is 285 g/mol. The van der Waals surface area contributed by atoms with Crippen LogP contribution in [0.5, 0.6) is 0 Å². The second-order valence-electron chi connectivity index (χ2n) is 5.15. The van der Waals surface area contributed by atoms with Crippen molar-refractivity contribution in [3.8, 4) is 0 Å². The summed E-state index contributed by atoms with van der Waals surface area (Å²) in [6.45, 7) is 5.99. The van der Waals surface area contributed by atoms with E-state index in [1.54, 1.807) is 12.1 Å². The lowest BCUT2D eigenvalue weighted by Gasteiger charge is -2.19. The summed E-state index contributed by atoms with van der Waals surface area (Å²) in [5.41, 5.74) is 0.377. The number of carbonyl (C=O) groups is 1. The van der Waals surface area contributed by atoms with E-state index in [4.69, 9.17) is 27.9 Å². The standard InChI is InChI=1S/C14H18Cl2NO2/c1-14(2,3)19-13(18)17-9-5-6-10-11(15)7-4-8-12(10)16/h4,7H,5-6,9H2,1-3H3,(H,17,18). The molecule has 1 radical (unpaired) electrons. The Balaban J connectivity index is 2.34. The van der Waals surface area contributed by atoms with Crippen molar-refractivity contribution in [3.63, 3.8) is 0 Å². The largest absolute Gasteiger partial charge is 0.444 e. The van der Waals surface area contributed by atoms with E-state index in [1.807, 2.05) is 20.8 Å². The Morgan fingerprint density at radius 2 is 2.11 bits per heavy atom. The van der Waals surface area contributed by atoms with Gasteiger partial charge in [0.25, 0.3) is 0 Å². The van der Waals surface area contributed by atoms with Crippen molar-refractivity contribution in [3.05, 3.63) is 33.8 Å². The van der Waals surface area contributed by atoms with Gasteiger partial charge >= 0.3 is 6.09 Å². The van der Waals surface area contributed by atoms with Crippen LogP contribution in [-0.4, -0.2) is 18.2 Å². The average molecular weight is 303 g/mol. The molecule has 0 aliphatic heterocycles. The Kier molecular flexibility index (Phi) is 5.95. The van der Waals surface area contributed by atoms with Crippen molar-refractivity contribution in [2.24, 2.45) is 0 Å². The summed E-state index contributed by atoms with van der Waals surface area (Å²) in [6, 6.07) is 6.33. The van der Waals surface area contributed by atoms with Crippen molar-refractivity contribution >= 4 is 29.3 Å². The fourth-order valence-corrected chi connectivity index (χ4v) is 2.04. The van der Waals surface area contributed by atoms with Gasteiger partial charge in [-0.2, -0.15) is 0 Å². The van der Waals surface area contributed by atoms with Gasteiger partial charge in [0.2, 0.25) is 0 Å².